The predicted octanol–water partition coefficient (Wildman–Crippen LogP) is 2.21. The molecule has 0 aliphatic carbocycles. The molecule has 0 aromatic heterocycles. The first kappa shape index (κ1) is 11.2. The average Bonchev–Trinajstić information content (AvgIpc) is 2.73. The molecule has 1 unspecified atom stereocenters. The van der Waals surface area contributed by atoms with Gasteiger partial charge in [-0.1, -0.05) is 24.3 Å². The van der Waals surface area contributed by atoms with Crippen molar-refractivity contribution in [3.05, 3.63) is 42.5 Å². The Kier molecular flexibility index (Phi) is 3.62. The number of nitrogens with one attached hydrogen (secondary N) is 1. The van der Waals surface area contributed by atoms with E-state index in [9.17, 15) is 0 Å². The molecule has 1 aliphatic rings. The van der Waals surface area contributed by atoms with Crippen LogP contribution in [0.5, 0.6) is 0 Å². The van der Waals surface area contributed by atoms with Crippen LogP contribution in [0.1, 0.15) is 12.5 Å². The van der Waals surface area contributed by atoms with E-state index in [-0.39, 0.29) is 0 Å². The molecule has 16 heavy (non-hydrogen) atoms. The Morgan fingerprint density at radius 2 is 2.31 bits per heavy atom. The lowest BCUT2D eigenvalue weighted by Crippen LogP contribution is -2.39. The fourth-order valence-corrected chi connectivity index (χ4v) is 2.33. The van der Waals surface area contributed by atoms with E-state index < -0.39 is 0 Å². The quantitative estimate of drug-likeness (QED) is 0.599. The first-order valence-corrected chi connectivity index (χ1v) is 5.99. The van der Waals surface area contributed by atoms with Gasteiger partial charge in [0.05, 0.1) is 0 Å². The van der Waals surface area contributed by atoms with Gasteiger partial charge in [0.1, 0.15) is 0 Å². The minimum Gasteiger partial charge on any atom is -0.367 e. The molecule has 0 saturated heterocycles. The molecule has 2 nitrogen and oxygen atoms in total. The molecule has 86 valence electrons. The Balaban J connectivity index is 1.98. The normalized spacial score (nSPS) is 15.9. The van der Waals surface area contributed by atoms with Gasteiger partial charge in [-0.2, -0.15) is 0 Å². The van der Waals surface area contributed by atoms with Crippen molar-refractivity contribution in [3.63, 3.8) is 0 Å². The molecule has 0 spiro atoms. The molecule has 1 aromatic rings. The molecule has 2 heteroatoms. The zero-order chi connectivity index (χ0) is 11.4. The molecule has 0 saturated carbocycles. The summed E-state index contributed by atoms with van der Waals surface area (Å²) in [5, 5.41) is 3.38. The third-order valence-corrected chi connectivity index (χ3v) is 3.18. The maximum Gasteiger partial charge on any atom is 0.0402 e. The van der Waals surface area contributed by atoms with Crippen LogP contribution in [0.3, 0.4) is 0 Å². The topological polar surface area (TPSA) is 15.3 Å². The van der Waals surface area contributed by atoms with Crippen molar-refractivity contribution < 1.29 is 0 Å². The SMILES string of the molecule is C=CCNCC(C)N1CCc2ccccc21. The molecule has 2 rings (SSSR count). The molecule has 1 N–H and O–H groups in total. The molecule has 1 heterocycles. The highest BCUT2D eigenvalue weighted by Gasteiger charge is 2.22. The fourth-order valence-electron chi connectivity index (χ4n) is 2.33. The van der Waals surface area contributed by atoms with Crippen molar-refractivity contribution in [2.75, 3.05) is 24.5 Å². The van der Waals surface area contributed by atoms with Gasteiger partial charge in [0.15, 0.2) is 0 Å². The number of benzene rings is 1. The van der Waals surface area contributed by atoms with Crippen LogP contribution in [0.2, 0.25) is 0 Å². The number of hydrogen-bond acceptors (Lipinski definition) is 2. The van der Waals surface area contributed by atoms with Crippen molar-refractivity contribution >= 4 is 5.69 Å². The van der Waals surface area contributed by atoms with Gasteiger partial charge in [-0.05, 0) is 25.0 Å². The van der Waals surface area contributed by atoms with Gasteiger partial charge in [-0.3, -0.25) is 0 Å². The van der Waals surface area contributed by atoms with Crippen LogP contribution in [0.15, 0.2) is 36.9 Å². The second kappa shape index (κ2) is 5.17. The molecule has 1 aromatic carbocycles. The lowest BCUT2D eigenvalue weighted by atomic mass is 10.2. The van der Waals surface area contributed by atoms with Crippen molar-refractivity contribution in [1.82, 2.24) is 5.32 Å². The Labute approximate surface area is 98.0 Å². The zero-order valence-corrected chi connectivity index (χ0v) is 9.95. The highest BCUT2D eigenvalue weighted by molar-refractivity contribution is 5.58. The molecule has 0 bridgehead atoms. The number of anilines is 1. The van der Waals surface area contributed by atoms with Crippen LogP contribution in [0, 0.1) is 0 Å². The second-order valence-electron chi connectivity index (χ2n) is 4.37. The monoisotopic (exact) mass is 216 g/mol. The lowest BCUT2D eigenvalue weighted by molar-refractivity contribution is 0.594. The molecular formula is C14H20N2. The van der Waals surface area contributed by atoms with Crippen molar-refractivity contribution in [2.24, 2.45) is 0 Å². The van der Waals surface area contributed by atoms with E-state index in [0.717, 1.165) is 19.6 Å². The highest BCUT2D eigenvalue weighted by Crippen LogP contribution is 2.28. The third-order valence-electron chi connectivity index (χ3n) is 3.18. The summed E-state index contributed by atoms with van der Waals surface area (Å²) in [5.41, 5.74) is 2.90. The van der Waals surface area contributed by atoms with Gasteiger partial charge in [0.2, 0.25) is 0 Å². The zero-order valence-electron chi connectivity index (χ0n) is 9.95. The van der Waals surface area contributed by atoms with E-state index in [1.54, 1.807) is 0 Å². The molecule has 1 aliphatic heterocycles. The number of rotatable bonds is 5. The van der Waals surface area contributed by atoms with Gasteiger partial charge in [0.25, 0.3) is 0 Å². The molecule has 0 fully saturated rings. The van der Waals surface area contributed by atoms with Crippen molar-refractivity contribution in [3.8, 4) is 0 Å². The van der Waals surface area contributed by atoms with Crippen LogP contribution < -0.4 is 10.2 Å². The minimum absolute atomic E-state index is 0.545. The Morgan fingerprint density at radius 1 is 1.50 bits per heavy atom. The highest BCUT2D eigenvalue weighted by atomic mass is 15.2. The third kappa shape index (κ3) is 2.27. The predicted molar refractivity (Wildman–Crippen MR) is 70.0 cm³/mol. The Bertz CT molecular complexity index is 360. The van der Waals surface area contributed by atoms with E-state index in [4.69, 9.17) is 0 Å². The van der Waals surface area contributed by atoms with Crippen LogP contribution >= 0.6 is 0 Å². The van der Waals surface area contributed by atoms with E-state index >= 15 is 0 Å². The first-order valence-electron chi connectivity index (χ1n) is 5.99. The average molecular weight is 216 g/mol. The molecule has 0 amide bonds. The summed E-state index contributed by atoms with van der Waals surface area (Å²) in [6.45, 7) is 9.04. The summed E-state index contributed by atoms with van der Waals surface area (Å²) in [6, 6.07) is 9.26. The smallest absolute Gasteiger partial charge is 0.0402 e. The molecule has 1 atom stereocenters. The number of hydrogen-bond donors (Lipinski definition) is 1. The van der Waals surface area contributed by atoms with Gasteiger partial charge in [0, 0.05) is 31.4 Å². The van der Waals surface area contributed by atoms with Crippen LogP contribution in [-0.2, 0) is 6.42 Å². The van der Waals surface area contributed by atoms with Gasteiger partial charge >= 0.3 is 0 Å². The van der Waals surface area contributed by atoms with Gasteiger partial charge in [-0.15, -0.1) is 6.58 Å². The number of fused-ring (bicyclic) bond motifs is 1. The van der Waals surface area contributed by atoms with E-state index in [1.165, 1.54) is 17.7 Å². The molecular weight excluding hydrogens is 196 g/mol. The molecule has 0 radical (unpaired) electrons. The lowest BCUT2D eigenvalue weighted by Gasteiger charge is -2.27. The number of para-hydroxylation sites is 1. The van der Waals surface area contributed by atoms with Crippen molar-refractivity contribution in [1.29, 1.82) is 0 Å². The number of nitrogens with zero attached hydrogens (tertiary/aromatic N) is 1. The second-order valence-corrected chi connectivity index (χ2v) is 4.37. The Hall–Kier alpha value is -1.28. The van der Waals surface area contributed by atoms with Gasteiger partial charge in [-0.25, -0.2) is 0 Å². The summed E-state index contributed by atoms with van der Waals surface area (Å²) in [7, 11) is 0. The minimum atomic E-state index is 0.545. The van der Waals surface area contributed by atoms with Crippen LogP contribution in [0.25, 0.3) is 0 Å². The largest absolute Gasteiger partial charge is 0.367 e. The maximum absolute atomic E-state index is 3.71. The van der Waals surface area contributed by atoms with Gasteiger partial charge < -0.3 is 10.2 Å². The van der Waals surface area contributed by atoms with E-state index in [0.29, 0.717) is 6.04 Å². The maximum atomic E-state index is 3.71. The summed E-state index contributed by atoms with van der Waals surface area (Å²) in [5.74, 6) is 0. The summed E-state index contributed by atoms with van der Waals surface area (Å²) >= 11 is 0. The van der Waals surface area contributed by atoms with Crippen LogP contribution in [-0.4, -0.2) is 25.7 Å². The standard InChI is InChI=1S/C14H20N2/c1-3-9-15-11-12(2)16-10-8-13-6-4-5-7-14(13)16/h3-7,12,15H,1,8-11H2,2H3. The fraction of sp³-hybridized carbons (Fsp3) is 0.429. The van der Waals surface area contributed by atoms with E-state index in [1.807, 2.05) is 6.08 Å². The summed E-state index contributed by atoms with van der Waals surface area (Å²) < 4.78 is 0. The van der Waals surface area contributed by atoms with Crippen molar-refractivity contribution in [2.45, 2.75) is 19.4 Å². The first-order chi connectivity index (χ1) is 7.83. The van der Waals surface area contributed by atoms with Crippen LogP contribution in [0.4, 0.5) is 5.69 Å². The Morgan fingerprint density at radius 3 is 3.12 bits per heavy atom. The van der Waals surface area contributed by atoms with E-state index in [2.05, 4.69) is 48.0 Å². The summed E-state index contributed by atoms with van der Waals surface area (Å²) in [6.07, 6.45) is 3.09. The summed E-state index contributed by atoms with van der Waals surface area (Å²) in [4.78, 5) is 2.49.